The first-order chi connectivity index (χ1) is 35.0. The van der Waals surface area contributed by atoms with Crippen molar-refractivity contribution in [3.63, 3.8) is 0 Å². The number of morpholine rings is 2. The van der Waals surface area contributed by atoms with Gasteiger partial charge in [-0.05, 0) is 48.4 Å². The van der Waals surface area contributed by atoms with E-state index in [2.05, 4.69) is 25.6 Å². The molecule has 2 aromatic carbocycles. The zero-order chi connectivity index (χ0) is 52.3. The Morgan fingerprint density at radius 2 is 1.34 bits per heavy atom. The molecule has 6 heterocycles. The molecule has 0 bridgehead atoms. The number of amidine groups is 2. The van der Waals surface area contributed by atoms with E-state index in [-0.39, 0.29) is 34.1 Å². The van der Waals surface area contributed by atoms with E-state index in [0.717, 1.165) is 24.3 Å². The lowest BCUT2D eigenvalue weighted by molar-refractivity contribution is -0.137. The van der Waals surface area contributed by atoms with Crippen molar-refractivity contribution < 1.29 is 65.9 Å². The van der Waals surface area contributed by atoms with Gasteiger partial charge in [-0.15, -0.1) is 22.7 Å². The van der Waals surface area contributed by atoms with E-state index in [1.807, 2.05) is 15.2 Å². The predicted octanol–water partition coefficient (Wildman–Crippen LogP) is 6.27. The van der Waals surface area contributed by atoms with Gasteiger partial charge in [0.2, 0.25) is 0 Å². The molecule has 25 heteroatoms. The van der Waals surface area contributed by atoms with E-state index < -0.39 is 71.8 Å². The summed E-state index contributed by atoms with van der Waals surface area (Å²) in [7, 11) is 2.45. The number of aromatic nitrogens is 2. The summed E-state index contributed by atoms with van der Waals surface area (Å²) in [5, 5.41) is 29.1. The summed E-state index contributed by atoms with van der Waals surface area (Å²) in [4.78, 5) is 69.8. The van der Waals surface area contributed by atoms with Gasteiger partial charge in [0.25, 0.3) is 6.43 Å². The van der Waals surface area contributed by atoms with Gasteiger partial charge in [-0.3, -0.25) is 19.8 Å². The second-order valence-corrected chi connectivity index (χ2v) is 18.6. The summed E-state index contributed by atoms with van der Waals surface area (Å²) in [6.45, 7) is 4.60. The molecular weight excluding hydrogens is 1020 g/mol. The number of rotatable bonds is 15. The highest BCUT2D eigenvalue weighted by Gasteiger charge is 2.38. The Morgan fingerprint density at radius 3 is 1.85 bits per heavy atom. The Labute approximate surface area is 428 Å². The molecule has 4 atom stereocenters. The van der Waals surface area contributed by atoms with Crippen LogP contribution in [-0.2, 0) is 38.1 Å². The fraction of sp³-hybridized carbons (Fsp3) is 0.333. The van der Waals surface area contributed by atoms with Crippen LogP contribution in [-0.4, -0.2) is 144 Å². The van der Waals surface area contributed by atoms with Crippen LogP contribution < -0.4 is 10.6 Å². The summed E-state index contributed by atoms with van der Waals surface area (Å²) in [5.74, 6) is -4.16. The number of methoxy groups -OCH3 is 2. The van der Waals surface area contributed by atoms with E-state index in [1.54, 1.807) is 24.7 Å². The third kappa shape index (κ3) is 13.7. The molecule has 18 nitrogen and oxygen atoms in total. The van der Waals surface area contributed by atoms with Gasteiger partial charge in [0, 0.05) is 102 Å². The fourth-order valence-electron chi connectivity index (χ4n) is 8.23. The molecule has 2 saturated heterocycles. The summed E-state index contributed by atoms with van der Waals surface area (Å²) in [6.07, 6.45) is 2.84. The summed E-state index contributed by atoms with van der Waals surface area (Å²) in [5.41, 5.74) is 1.55. The molecule has 4 aliphatic rings. The predicted molar refractivity (Wildman–Crippen MR) is 260 cm³/mol. The highest BCUT2D eigenvalue weighted by Crippen LogP contribution is 2.39. The summed E-state index contributed by atoms with van der Waals surface area (Å²) >= 11 is 9.02. The first-order valence-corrected chi connectivity index (χ1v) is 24.3. The molecule has 0 aliphatic carbocycles. The van der Waals surface area contributed by atoms with Crippen molar-refractivity contribution in [3.05, 3.63) is 149 Å². The van der Waals surface area contributed by atoms with Gasteiger partial charge in [0.1, 0.15) is 23.7 Å². The monoisotopic (exact) mass is 1070 g/mol. The minimum absolute atomic E-state index is 0.000402. The first kappa shape index (κ1) is 54.1. The van der Waals surface area contributed by atoms with Crippen LogP contribution in [0.2, 0.25) is 5.02 Å². The van der Waals surface area contributed by atoms with Crippen molar-refractivity contribution in [2.24, 2.45) is 9.98 Å². The average Bonchev–Trinajstić information content (AvgIpc) is 4.12. The van der Waals surface area contributed by atoms with Gasteiger partial charge in [0.15, 0.2) is 21.7 Å². The zero-order valence-corrected chi connectivity index (χ0v) is 41.5. The lowest BCUT2D eigenvalue weighted by atomic mass is 9.91. The lowest BCUT2D eigenvalue weighted by Crippen LogP contribution is -2.46. The maximum atomic E-state index is 13.9. The molecule has 4 aromatic rings. The number of halogens is 5. The highest BCUT2D eigenvalue weighted by molar-refractivity contribution is 7.12. The van der Waals surface area contributed by atoms with E-state index in [9.17, 15) is 36.7 Å². The highest BCUT2D eigenvalue weighted by atomic mass is 35.5. The lowest BCUT2D eigenvalue weighted by Gasteiger charge is -2.35. The van der Waals surface area contributed by atoms with Crippen LogP contribution >= 0.6 is 34.3 Å². The molecule has 386 valence electrons. The Hall–Kier alpha value is -6.67. The minimum atomic E-state index is -3.01. The van der Waals surface area contributed by atoms with Crippen molar-refractivity contribution in [1.29, 1.82) is 0 Å². The van der Waals surface area contributed by atoms with E-state index >= 15 is 0 Å². The standard InChI is InChI=1S/C24H24ClFN4O5S.C24H23F3N4O5S/c1-13(9-19(31)32)18-12-30(6-7-35-18)11-17-20(24(33)34-2)21(15-4-3-14(26)10-16(15)25)29-22(28-17)23-27-5-8-36-23;1-35-24(34)19-17(12-31-7-8-36-14(11-31)3-5-18(32)33)29-22(23-28-6-9-37-23)30-20(19)15-4-2-13(25)10-16(15)21(26)27/h3-5,8-10,18,21H,6-7,11-12H2,1-2H3,(H,28,29)(H,31,32);2-6,9-10,14,20-21H,7-8,11-12H2,1H3,(H,29,30)(H,32,33)/b13-9+;5-3+/t18-,21-;14-,20+/m01/s1. The average molecular weight is 1070 g/mol. The van der Waals surface area contributed by atoms with Gasteiger partial charge in [-0.2, -0.15) is 0 Å². The number of benzene rings is 2. The number of alkyl halides is 2. The van der Waals surface area contributed by atoms with Crippen molar-refractivity contribution in [2.75, 3.05) is 66.7 Å². The normalized spacial score (nSPS) is 20.9. The number of hydrogen-bond donors (Lipinski definition) is 4. The van der Waals surface area contributed by atoms with Crippen LogP contribution in [0.1, 0.15) is 52.1 Å². The molecule has 0 saturated carbocycles. The third-order valence-corrected chi connectivity index (χ3v) is 13.5. The van der Waals surface area contributed by atoms with E-state index in [4.69, 9.17) is 45.8 Å². The first-order valence-electron chi connectivity index (χ1n) is 22.2. The van der Waals surface area contributed by atoms with Gasteiger partial charge >= 0.3 is 23.9 Å². The Morgan fingerprint density at radius 1 is 0.808 bits per heavy atom. The van der Waals surface area contributed by atoms with Crippen LogP contribution in [0, 0.1) is 11.6 Å². The number of nitrogens with zero attached hydrogens (tertiary/aromatic N) is 6. The second kappa shape index (κ2) is 24.8. The van der Waals surface area contributed by atoms with Crippen molar-refractivity contribution in [1.82, 2.24) is 30.4 Å². The third-order valence-electron chi connectivity index (χ3n) is 11.6. The van der Waals surface area contributed by atoms with E-state index in [1.165, 1.54) is 67.2 Å². The SMILES string of the molecule is COC(=O)C1=C(CN2CCO[C@H](/C(C)=C/C(=O)O)C2)NC(c2nccs2)=N[C@H]1c1ccc(F)cc1Cl.COC(=O)C1=C(CN2CCO[C@H](/C=C/C(=O)O)C2)NC(c2nccs2)=N[C@H]1c1ccc(F)cc1C(F)F. The zero-order valence-electron chi connectivity index (χ0n) is 39.1. The molecular formula is C48H47ClF4N8O10S2. The number of thiazole rings is 2. The van der Waals surface area contributed by atoms with Crippen LogP contribution in [0.5, 0.6) is 0 Å². The second-order valence-electron chi connectivity index (χ2n) is 16.4. The van der Waals surface area contributed by atoms with Gasteiger partial charge in [-0.25, -0.2) is 46.7 Å². The molecule has 4 N–H and O–H groups in total. The largest absolute Gasteiger partial charge is 0.478 e. The number of carbonyl (C=O) groups is 4. The van der Waals surface area contributed by atoms with Gasteiger partial charge in [0.05, 0.1) is 50.8 Å². The number of aliphatic carboxylic acids is 2. The summed E-state index contributed by atoms with van der Waals surface area (Å²) < 4.78 is 77.0. The summed E-state index contributed by atoms with van der Waals surface area (Å²) in [6, 6.07) is 4.84. The number of esters is 2. The number of nitrogens with one attached hydrogen (secondary N) is 2. The van der Waals surface area contributed by atoms with Crippen LogP contribution in [0.25, 0.3) is 0 Å². The topological polar surface area (TPSA) is 227 Å². The van der Waals surface area contributed by atoms with Crippen molar-refractivity contribution in [3.8, 4) is 0 Å². The molecule has 0 amide bonds. The number of ether oxygens (including phenoxy) is 4. The molecule has 73 heavy (non-hydrogen) atoms. The number of carbonyl (C=O) groups excluding carboxylic acids is 2. The molecule has 0 unspecified atom stereocenters. The molecule has 2 aromatic heterocycles. The smallest absolute Gasteiger partial charge is 0.338 e. The molecule has 2 fully saturated rings. The number of hydrogen-bond acceptors (Lipinski definition) is 18. The van der Waals surface area contributed by atoms with Crippen molar-refractivity contribution >= 4 is 69.8 Å². The number of aliphatic imine (C=N–C) groups is 2. The van der Waals surface area contributed by atoms with Gasteiger partial charge < -0.3 is 39.8 Å². The molecule has 4 aliphatic heterocycles. The van der Waals surface area contributed by atoms with Crippen LogP contribution in [0.3, 0.4) is 0 Å². The molecule has 0 radical (unpaired) electrons. The Kier molecular flexibility index (Phi) is 18.4. The molecule has 0 spiro atoms. The quantitative estimate of drug-likeness (QED) is 0.0585. The van der Waals surface area contributed by atoms with Gasteiger partial charge in [-0.1, -0.05) is 23.7 Å². The Balaban J connectivity index is 0.000000214. The number of carboxylic acids is 2. The van der Waals surface area contributed by atoms with Crippen molar-refractivity contribution in [2.45, 2.75) is 37.6 Å². The van der Waals surface area contributed by atoms with Crippen LogP contribution in [0.15, 0.2) is 116 Å². The van der Waals surface area contributed by atoms with E-state index in [0.29, 0.717) is 84.3 Å². The van der Waals surface area contributed by atoms with Crippen LogP contribution in [0.4, 0.5) is 17.6 Å². The minimum Gasteiger partial charge on any atom is -0.478 e. The maximum Gasteiger partial charge on any atom is 0.338 e. The fourth-order valence-corrected chi connectivity index (χ4v) is 9.68. The maximum absolute atomic E-state index is 13.9. The Bertz CT molecular complexity index is 2880. The number of carboxylic acid groups (broad SMARTS) is 2. The molecule has 8 rings (SSSR count).